The average Bonchev–Trinajstić information content (AvgIpc) is 2.81. The topological polar surface area (TPSA) is 68.5 Å². The lowest BCUT2D eigenvalue weighted by Gasteiger charge is -2.25. The Labute approximate surface area is 126 Å². The molecule has 0 saturated carbocycles. The van der Waals surface area contributed by atoms with Crippen molar-refractivity contribution in [3.63, 3.8) is 0 Å². The van der Waals surface area contributed by atoms with Crippen molar-refractivity contribution in [1.82, 2.24) is 9.88 Å². The lowest BCUT2D eigenvalue weighted by molar-refractivity contribution is -0.135. The molecule has 1 saturated heterocycles. The Morgan fingerprint density at radius 2 is 2.05 bits per heavy atom. The Bertz CT molecular complexity index is 439. The summed E-state index contributed by atoms with van der Waals surface area (Å²) in [6.07, 6.45) is 7.05. The minimum Gasteiger partial charge on any atom is -0.481 e. The zero-order chi connectivity index (χ0) is 15.1. The predicted molar refractivity (Wildman–Crippen MR) is 82.1 cm³/mol. The van der Waals surface area contributed by atoms with E-state index in [0.717, 1.165) is 31.5 Å². The third-order valence-electron chi connectivity index (χ3n) is 4.04. The van der Waals surface area contributed by atoms with Gasteiger partial charge < -0.3 is 15.4 Å². The fraction of sp³-hybridized carbons (Fsp3) is 0.625. The number of pyridine rings is 1. The summed E-state index contributed by atoms with van der Waals surface area (Å²) in [4.78, 5) is 18.8. The molecule has 1 aromatic rings. The van der Waals surface area contributed by atoms with Crippen LogP contribution < -0.4 is 10.5 Å². The van der Waals surface area contributed by atoms with Crippen molar-refractivity contribution in [2.45, 2.75) is 32.1 Å². The van der Waals surface area contributed by atoms with Crippen LogP contribution in [0.25, 0.3) is 0 Å². The van der Waals surface area contributed by atoms with Gasteiger partial charge in [-0.3, -0.25) is 4.79 Å². The highest BCUT2D eigenvalue weighted by molar-refractivity contribution is 5.79. The van der Waals surface area contributed by atoms with Crippen LogP contribution in [-0.4, -0.2) is 42.5 Å². The van der Waals surface area contributed by atoms with Crippen molar-refractivity contribution in [2.75, 3.05) is 26.7 Å². The summed E-state index contributed by atoms with van der Waals surface area (Å²) in [5.41, 5.74) is 6.85. The number of amides is 1. The van der Waals surface area contributed by atoms with Gasteiger partial charge in [0.25, 0.3) is 0 Å². The molecular formula is C16H25N3O2. The molecule has 5 nitrogen and oxygen atoms in total. The van der Waals surface area contributed by atoms with Gasteiger partial charge in [-0.1, -0.05) is 18.9 Å². The largest absolute Gasteiger partial charge is 0.481 e. The summed E-state index contributed by atoms with van der Waals surface area (Å²) in [6.45, 7) is 2.12. The molecule has 5 heteroatoms. The Morgan fingerprint density at radius 3 is 2.57 bits per heavy atom. The van der Waals surface area contributed by atoms with Crippen LogP contribution in [0.5, 0.6) is 5.88 Å². The predicted octanol–water partition coefficient (Wildman–Crippen LogP) is 1.61. The van der Waals surface area contributed by atoms with E-state index in [1.54, 1.807) is 13.3 Å². The zero-order valence-corrected chi connectivity index (χ0v) is 12.8. The standard InChI is InChI=1S/C16H25N3O2/c1-21-15-7-6-13(12-18-15)10-14(11-17)16(20)19-8-4-2-3-5-9-19/h6-7,12,14H,2-5,8-11,17H2,1H3. The van der Waals surface area contributed by atoms with E-state index in [2.05, 4.69) is 4.98 Å². The lowest BCUT2D eigenvalue weighted by atomic mass is 9.99. The van der Waals surface area contributed by atoms with Gasteiger partial charge in [0.2, 0.25) is 11.8 Å². The molecule has 1 fully saturated rings. The fourth-order valence-corrected chi connectivity index (χ4v) is 2.76. The Balaban J connectivity index is 1.98. The van der Waals surface area contributed by atoms with Crippen LogP contribution in [0.1, 0.15) is 31.2 Å². The third kappa shape index (κ3) is 4.43. The second-order valence-electron chi connectivity index (χ2n) is 5.59. The Morgan fingerprint density at radius 1 is 1.33 bits per heavy atom. The summed E-state index contributed by atoms with van der Waals surface area (Å²) in [7, 11) is 1.59. The van der Waals surface area contributed by atoms with Crippen LogP contribution in [0, 0.1) is 5.92 Å². The number of likely N-dealkylation sites (tertiary alicyclic amines) is 1. The van der Waals surface area contributed by atoms with Gasteiger partial charge in [-0.15, -0.1) is 0 Å². The highest BCUT2D eigenvalue weighted by atomic mass is 16.5. The molecule has 1 aliphatic heterocycles. The third-order valence-corrected chi connectivity index (χ3v) is 4.04. The molecular weight excluding hydrogens is 266 g/mol. The van der Waals surface area contributed by atoms with Crippen LogP contribution in [-0.2, 0) is 11.2 Å². The van der Waals surface area contributed by atoms with Crippen molar-refractivity contribution in [2.24, 2.45) is 11.7 Å². The van der Waals surface area contributed by atoms with E-state index < -0.39 is 0 Å². The van der Waals surface area contributed by atoms with Crippen LogP contribution in [0.2, 0.25) is 0 Å². The van der Waals surface area contributed by atoms with Gasteiger partial charge in [0, 0.05) is 31.9 Å². The van der Waals surface area contributed by atoms with Gasteiger partial charge in [0.15, 0.2) is 0 Å². The number of ether oxygens (including phenoxy) is 1. The van der Waals surface area contributed by atoms with Gasteiger partial charge in [0.1, 0.15) is 0 Å². The maximum Gasteiger partial charge on any atom is 0.227 e. The second-order valence-corrected chi connectivity index (χ2v) is 5.59. The number of carbonyl (C=O) groups is 1. The Hall–Kier alpha value is -1.62. The van der Waals surface area contributed by atoms with E-state index in [4.69, 9.17) is 10.5 Å². The number of rotatable bonds is 5. The van der Waals surface area contributed by atoms with E-state index in [1.165, 1.54) is 12.8 Å². The minimum atomic E-state index is -0.154. The number of carbonyl (C=O) groups excluding carboxylic acids is 1. The fourth-order valence-electron chi connectivity index (χ4n) is 2.76. The molecule has 2 rings (SSSR count). The summed E-state index contributed by atoms with van der Waals surface area (Å²) in [6, 6.07) is 3.77. The first-order valence-electron chi connectivity index (χ1n) is 7.72. The van der Waals surface area contributed by atoms with Gasteiger partial charge in [-0.25, -0.2) is 4.98 Å². The molecule has 21 heavy (non-hydrogen) atoms. The molecule has 1 amide bonds. The summed E-state index contributed by atoms with van der Waals surface area (Å²) < 4.78 is 5.05. The summed E-state index contributed by atoms with van der Waals surface area (Å²) in [5.74, 6) is 0.621. The molecule has 1 aliphatic rings. The minimum absolute atomic E-state index is 0.154. The summed E-state index contributed by atoms with van der Waals surface area (Å²) in [5, 5.41) is 0. The number of methoxy groups -OCH3 is 1. The van der Waals surface area contributed by atoms with Gasteiger partial charge in [-0.05, 0) is 24.8 Å². The molecule has 0 aromatic carbocycles. The number of hydrogen-bond acceptors (Lipinski definition) is 4. The van der Waals surface area contributed by atoms with Crippen molar-refractivity contribution in [3.05, 3.63) is 23.9 Å². The zero-order valence-electron chi connectivity index (χ0n) is 12.8. The first-order chi connectivity index (χ1) is 10.2. The van der Waals surface area contributed by atoms with Gasteiger partial charge in [0.05, 0.1) is 13.0 Å². The molecule has 0 spiro atoms. The van der Waals surface area contributed by atoms with Crippen LogP contribution in [0.15, 0.2) is 18.3 Å². The number of nitrogens with zero attached hydrogens (tertiary/aromatic N) is 2. The molecule has 2 N–H and O–H groups in total. The smallest absolute Gasteiger partial charge is 0.227 e. The molecule has 1 aromatic heterocycles. The maximum absolute atomic E-state index is 12.6. The van der Waals surface area contributed by atoms with Crippen LogP contribution >= 0.6 is 0 Å². The number of nitrogens with two attached hydrogens (primary N) is 1. The molecule has 1 atom stereocenters. The average molecular weight is 291 g/mol. The monoisotopic (exact) mass is 291 g/mol. The lowest BCUT2D eigenvalue weighted by Crippen LogP contribution is -2.40. The van der Waals surface area contributed by atoms with E-state index >= 15 is 0 Å². The summed E-state index contributed by atoms with van der Waals surface area (Å²) >= 11 is 0. The van der Waals surface area contributed by atoms with E-state index in [0.29, 0.717) is 18.8 Å². The van der Waals surface area contributed by atoms with Crippen molar-refractivity contribution >= 4 is 5.91 Å². The van der Waals surface area contributed by atoms with E-state index in [9.17, 15) is 4.79 Å². The maximum atomic E-state index is 12.6. The van der Waals surface area contributed by atoms with E-state index in [1.807, 2.05) is 17.0 Å². The van der Waals surface area contributed by atoms with E-state index in [-0.39, 0.29) is 11.8 Å². The molecule has 2 heterocycles. The molecule has 0 bridgehead atoms. The molecule has 116 valence electrons. The van der Waals surface area contributed by atoms with Crippen LogP contribution in [0.4, 0.5) is 0 Å². The molecule has 1 unspecified atom stereocenters. The first kappa shape index (κ1) is 15.8. The SMILES string of the molecule is COc1ccc(CC(CN)C(=O)N2CCCCCC2)cn1. The number of hydrogen-bond donors (Lipinski definition) is 1. The Kier molecular flexibility index (Phi) is 5.99. The van der Waals surface area contributed by atoms with Crippen LogP contribution in [0.3, 0.4) is 0 Å². The highest BCUT2D eigenvalue weighted by Crippen LogP contribution is 2.16. The van der Waals surface area contributed by atoms with Gasteiger partial charge in [-0.2, -0.15) is 0 Å². The van der Waals surface area contributed by atoms with Gasteiger partial charge >= 0.3 is 0 Å². The normalized spacial score (nSPS) is 17.1. The second kappa shape index (κ2) is 7.98. The quantitative estimate of drug-likeness (QED) is 0.895. The van der Waals surface area contributed by atoms with Crippen molar-refractivity contribution in [1.29, 1.82) is 0 Å². The molecule has 0 aliphatic carbocycles. The molecule has 0 radical (unpaired) electrons. The first-order valence-corrected chi connectivity index (χ1v) is 7.72. The number of aromatic nitrogens is 1. The van der Waals surface area contributed by atoms with Crippen molar-refractivity contribution < 1.29 is 9.53 Å². The van der Waals surface area contributed by atoms with Crippen molar-refractivity contribution in [3.8, 4) is 5.88 Å². The highest BCUT2D eigenvalue weighted by Gasteiger charge is 2.24.